The van der Waals surface area contributed by atoms with Crippen molar-refractivity contribution in [2.45, 2.75) is 6.42 Å². The zero-order chi connectivity index (χ0) is 14.3. The standard InChI is InChI=1S/C15H11ClFNO2/c16-10-5-9-3-4-20-15(9)11(7-10)14(19)8-1-2-12(17)13(18)6-8/h1-2,5-7H,3-4,18H2. The van der Waals surface area contributed by atoms with Crippen LogP contribution in [0.15, 0.2) is 30.3 Å². The van der Waals surface area contributed by atoms with Crippen LogP contribution >= 0.6 is 11.6 Å². The minimum atomic E-state index is -0.547. The average Bonchev–Trinajstić information content (AvgIpc) is 2.88. The van der Waals surface area contributed by atoms with Crippen molar-refractivity contribution in [2.24, 2.45) is 0 Å². The number of fused-ring (bicyclic) bond motifs is 1. The lowest BCUT2D eigenvalue weighted by Gasteiger charge is -2.09. The molecule has 1 heterocycles. The SMILES string of the molecule is Nc1cc(C(=O)c2cc(Cl)cc3c2OCC3)ccc1F. The zero-order valence-corrected chi connectivity index (χ0v) is 11.2. The molecule has 0 radical (unpaired) electrons. The number of anilines is 1. The van der Waals surface area contributed by atoms with Gasteiger partial charge >= 0.3 is 0 Å². The summed E-state index contributed by atoms with van der Waals surface area (Å²) in [5, 5.41) is 0.479. The average molecular weight is 292 g/mol. The summed E-state index contributed by atoms with van der Waals surface area (Å²) in [5.74, 6) is -0.270. The lowest BCUT2D eigenvalue weighted by molar-refractivity contribution is 0.103. The van der Waals surface area contributed by atoms with Gasteiger partial charge in [0.1, 0.15) is 11.6 Å². The summed E-state index contributed by atoms with van der Waals surface area (Å²) in [4.78, 5) is 12.5. The fraction of sp³-hybridized carbons (Fsp3) is 0.133. The highest BCUT2D eigenvalue weighted by Crippen LogP contribution is 2.34. The van der Waals surface area contributed by atoms with Crippen molar-refractivity contribution < 1.29 is 13.9 Å². The highest BCUT2D eigenvalue weighted by Gasteiger charge is 2.23. The molecule has 0 spiro atoms. The first-order chi connectivity index (χ1) is 9.56. The number of nitrogen functional groups attached to an aromatic ring is 1. The Balaban J connectivity index is 2.09. The molecule has 0 saturated heterocycles. The molecule has 2 aromatic rings. The van der Waals surface area contributed by atoms with Crippen molar-refractivity contribution in [3.63, 3.8) is 0 Å². The van der Waals surface area contributed by atoms with Gasteiger partial charge in [-0.15, -0.1) is 0 Å². The van der Waals surface area contributed by atoms with E-state index in [9.17, 15) is 9.18 Å². The second-order valence-electron chi connectivity index (χ2n) is 4.61. The molecule has 1 aliphatic rings. The number of carbonyl (C=O) groups is 1. The molecule has 0 fully saturated rings. The minimum absolute atomic E-state index is 0.0598. The molecule has 3 nitrogen and oxygen atoms in total. The molecule has 20 heavy (non-hydrogen) atoms. The van der Waals surface area contributed by atoms with Gasteiger partial charge in [0, 0.05) is 17.0 Å². The van der Waals surface area contributed by atoms with Gasteiger partial charge in [0.2, 0.25) is 0 Å². The predicted octanol–water partition coefficient (Wildman–Crippen LogP) is 3.23. The summed E-state index contributed by atoms with van der Waals surface area (Å²) < 4.78 is 18.7. The number of ketones is 1. The lowest BCUT2D eigenvalue weighted by Crippen LogP contribution is -2.05. The molecular weight excluding hydrogens is 281 g/mol. The number of benzene rings is 2. The lowest BCUT2D eigenvalue weighted by atomic mass is 9.99. The highest BCUT2D eigenvalue weighted by molar-refractivity contribution is 6.31. The number of carbonyl (C=O) groups excluding carboxylic acids is 1. The Labute approximate surface area is 120 Å². The largest absolute Gasteiger partial charge is 0.492 e. The van der Waals surface area contributed by atoms with Crippen LogP contribution in [0.3, 0.4) is 0 Å². The van der Waals surface area contributed by atoms with Crippen molar-refractivity contribution in [1.82, 2.24) is 0 Å². The van der Waals surface area contributed by atoms with Gasteiger partial charge in [-0.05, 0) is 35.9 Å². The van der Waals surface area contributed by atoms with Crippen LogP contribution in [-0.2, 0) is 6.42 Å². The number of ether oxygens (including phenoxy) is 1. The van der Waals surface area contributed by atoms with E-state index < -0.39 is 5.82 Å². The van der Waals surface area contributed by atoms with E-state index in [1.807, 2.05) is 0 Å². The van der Waals surface area contributed by atoms with Gasteiger partial charge in [-0.1, -0.05) is 11.6 Å². The van der Waals surface area contributed by atoms with Crippen molar-refractivity contribution in [3.8, 4) is 5.75 Å². The van der Waals surface area contributed by atoms with E-state index in [1.54, 1.807) is 12.1 Å². The Morgan fingerprint density at radius 2 is 2.10 bits per heavy atom. The summed E-state index contributed by atoms with van der Waals surface area (Å²) in [6, 6.07) is 7.25. The first-order valence-corrected chi connectivity index (χ1v) is 6.49. The van der Waals surface area contributed by atoms with E-state index >= 15 is 0 Å². The van der Waals surface area contributed by atoms with Crippen molar-refractivity contribution in [1.29, 1.82) is 0 Å². The molecule has 5 heteroatoms. The third kappa shape index (κ3) is 2.12. The van der Waals surface area contributed by atoms with E-state index in [-0.39, 0.29) is 11.5 Å². The van der Waals surface area contributed by atoms with Gasteiger partial charge < -0.3 is 10.5 Å². The third-order valence-electron chi connectivity index (χ3n) is 3.25. The fourth-order valence-corrected chi connectivity index (χ4v) is 2.52. The molecule has 2 N–H and O–H groups in total. The van der Waals surface area contributed by atoms with Gasteiger partial charge in [-0.3, -0.25) is 4.79 Å². The zero-order valence-electron chi connectivity index (χ0n) is 10.5. The van der Waals surface area contributed by atoms with Crippen LogP contribution in [0.4, 0.5) is 10.1 Å². The van der Waals surface area contributed by atoms with Gasteiger partial charge in [-0.2, -0.15) is 0 Å². The first kappa shape index (κ1) is 12.9. The Hall–Kier alpha value is -2.07. The topological polar surface area (TPSA) is 52.3 Å². The first-order valence-electron chi connectivity index (χ1n) is 6.11. The van der Waals surface area contributed by atoms with Crippen LogP contribution in [0, 0.1) is 5.82 Å². The normalized spacial score (nSPS) is 12.9. The summed E-state index contributed by atoms with van der Waals surface area (Å²) in [6.45, 7) is 0.529. The van der Waals surface area contributed by atoms with E-state index in [0.29, 0.717) is 28.5 Å². The van der Waals surface area contributed by atoms with Crippen LogP contribution in [-0.4, -0.2) is 12.4 Å². The van der Waals surface area contributed by atoms with E-state index in [0.717, 1.165) is 12.0 Å². The molecule has 0 unspecified atom stereocenters. The Morgan fingerprint density at radius 1 is 1.30 bits per heavy atom. The van der Waals surface area contributed by atoms with Gasteiger partial charge in [0.15, 0.2) is 5.78 Å². The molecule has 0 atom stereocenters. The monoisotopic (exact) mass is 291 g/mol. The van der Waals surface area contributed by atoms with Crippen molar-refractivity contribution >= 4 is 23.1 Å². The van der Waals surface area contributed by atoms with Gasteiger partial charge in [0.05, 0.1) is 17.9 Å². The quantitative estimate of drug-likeness (QED) is 0.683. The molecule has 2 aromatic carbocycles. The number of rotatable bonds is 2. The smallest absolute Gasteiger partial charge is 0.196 e. The summed E-state index contributed by atoms with van der Waals surface area (Å²) in [5.41, 5.74) is 7.04. The maximum atomic E-state index is 13.2. The van der Waals surface area contributed by atoms with Crippen LogP contribution in [0.1, 0.15) is 21.5 Å². The van der Waals surface area contributed by atoms with Crippen LogP contribution < -0.4 is 10.5 Å². The van der Waals surface area contributed by atoms with Crippen molar-refractivity contribution in [3.05, 3.63) is 57.9 Å². The molecule has 0 bridgehead atoms. The number of hydrogen-bond donors (Lipinski definition) is 1. The fourth-order valence-electron chi connectivity index (χ4n) is 2.28. The number of hydrogen-bond acceptors (Lipinski definition) is 3. The van der Waals surface area contributed by atoms with Crippen LogP contribution in [0.5, 0.6) is 5.75 Å². The van der Waals surface area contributed by atoms with Gasteiger partial charge in [0.25, 0.3) is 0 Å². The van der Waals surface area contributed by atoms with E-state index in [1.165, 1.54) is 18.2 Å². The Morgan fingerprint density at radius 3 is 2.85 bits per heavy atom. The second kappa shape index (κ2) is 4.80. The predicted molar refractivity (Wildman–Crippen MR) is 74.9 cm³/mol. The summed E-state index contributed by atoms with van der Waals surface area (Å²) >= 11 is 6.02. The second-order valence-corrected chi connectivity index (χ2v) is 5.04. The maximum Gasteiger partial charge on any atom is 0.196 e. The van der Waals surface area contributed by atoms with E-state index in [2.05, 4.69) is 0 Å². The number of nitrogens with two attached hydrogens (primary N) is 1. The molecule has 0 aliphatic carbocycles. The minimum Gasteiger partial charge on any atom is -0.492 e. The highest BCUT2D eigenvalue weighted by atomic mass is 35.5. The summed E-state index contributed by atoms with van der Waals surface area (Å²) in [6.07, 6.45) is 0.724. The molecule has 0 aromatic heterocycles. The molecule has 102 valence electrons. The molecule has 0 amide bonds. The summed E-state index contributed by atoms with van der Waals surface area (Å²) in [7, 11) is 0. The molecular formula is C15H11ClFNO2. The molecule has 1 aliphatic heterocycles. The van der Waals surface area contributed by atoms with E-state index in [4.69, 9.17) is 22.1 Å². The Bertz CT molecular complexity index is 715. The number of halogens is 2. The van der Waals surface area contributed by atoms with Crippen molar-refractivity contribution in [2.75, 3.05) is 12.3 Å². The van der Waals surface area contributed by atoms with Crippen LogP contribution in [0.2, 0.25) is 5.02 Å². The van der Waals surface area contributed by atoms with Gasteiger partial charge in [-0.25, -0.2) is 4.39 Å². The molecule has 3 rings (SSSR count). The molecule has 0 saturated carbocycles. The van der Waals surface area contributed by atoms with Crippen LogP contribution in [0.25, 0.3) is 0 Å². The third-order valence-corrected chi connectivity index (χ3v) is 3.47. The Kier molecular flexibility index (Phi) is 3.10. The maximum absolute atomic E-state index is 13.2.